The van der Waals surface area contributed by atoms with Crippen LogP contribution in [0.5, 0.6) is 0 Å². The number of aliphatic hydroxyl groups excluding tert-OH is 1. The molecule has 0 aliphatic carbocycles. The Labute approximate surface area is 110 Å². The molecule has 1 aromatic rings. The van der Waals surface area contributed by atoms with Crippen LogP contribution in [0.4, 0.5) is 5.82 Å². The third kappa shape index (κ3) is 2.83. The van der Waals surface area contributed by atoms with E-state index in [9.17, 15) is 5.11 Å². The molecule has 1 atom stereocenters. The molecule has 1 fully saturated rings. The van der Waals surface area contributed by atoms with E-state index >= 15 is 0 Å². The van der Waals surface area contributed by atoms with Crippen molar-refractivity contribution in [2.75, 3.05) is 18.0 Å². The van der Waals surface area contributed by atoms with Gasteiger partial charge in [-0.05, 0) is 37.7 Å². The van der Waals surface area contributed by atoms with E-state index < -0.39 is 6.10 Å². The van der Waals surface area contributed by atoms with Crippen molar-refractivity contribution in [2.24, 2.45) is 11.8 Å². The summed E-state index contributed by atoms with van der Waals surface area (Å²) in [4.78, 5) is 6.78. The molecule has 1 saturated heterocycles. The van der Waals surface area contributed by atoms with Crippen molar-refractivity contribution >= 4 is 5.82 Å². The third-order valence-electron chi connectivity index (χ3n) is 4.05. The van der Waals surface area contributed by atoms with Crippen molar-refractivity contribution in [3.63, 3.8) is 0 Å². The molecule has 1 unspecified atom stereocenters. The number of aliphatic hydroxyl groups is 1. The van der Waals surface area contributed by atoms with E-state index in [0.717, 1.165) is 36.3 Å². The van der Waals surface area contributed by atoms with Crippen LogP contribution in [0.15, 0.2) is 18.3 Å². The van der Waals surface area contributed by atoms with Gasteiger partial charge in [0.15, 0.2) is 0 Å². The monoisotopic (exact) mass is 248 g/mol. The van der Waals surface area contributed by atoms with Crippen LogP contribution in [-0.2, 0) is 0 Å². The smallest absolute Gasteiger partial charge is 0.134 e. The second-order valence-corrected chi connectivity index (χ2v) is 5.66. The van der Waals surface area contributed by atoms with Gasteiger partial charge in [0.25, 0.3) is 0 Å². The molecular weight excluding hydrogens is 224 g/mol. The summed E-state index contributed by atoms with van der Waals surface area (Å²) >= 11 is 0. The number of nitrogens with zero attached hydrogens (tertiary/aromatic N) is 2. The van der Waals surface area contributed by atoms with Gasteiger partial charge in [-0.2, -0.15) is 0 Å². The summed E-state index contributed by atoms with van der Waals surface area (Å²) in [6.07, 6.45) is 3.83. The van der Waals surface area contributed by atoms with E-state index in [2.05, 4.69) is 23.7 Å². The molecule has 0 bridgehead atoms. The summed E-state index contributed by atoms with van der Waals surface area (Å²) in [6.45, 7) is 8.53. The normalized spacial score (nSPS) is 19.3. The van der Waals surface area contributed by atoms with Crippen LogP contribution >= 0.6 is 0 Å². The lowest BCUT2D eigenvalue weighted by Crippen LogP contribution is -2.36. The minimum atomic E-state index is -0.448. The number of rotatable bonds is 3. The molecule has 1 aliphatic rings. The average molecular weight is 248 g/mol. The first-order chi connectivity index (χ1) is 8.59. The Morgan fingerprint density at radius 2 is 1.94 bits per heavy atom. The second-order valence-electron chi connectivity index (χ2n) is 5.66. The van der Waals surface area contributed by atoms with Gasteiger partial charge in [0.1, 0.15) is 5.82 Å². The summed E-state index contributed by atoms with van der Waals surface area (Å²) in [5, 5.41) is 9.81. The minimum Gasteiger partial charge on any atom is -0.389 e. The summed E-state index contributed by atoms with van der Waals surface area (Å²) < 4.78 is 0. The molecule has 18 heavy (non-hydrogen) atoms. The Morgan fingerprint density at radius 1 is 1.28 bits per heavy atom. The number of anilines is 1. The molecule has 0 radical (unpaired) electrons. The molecule has 3 nitrogen and oxygen atoms in total. The van der Waals surface area contributed by atoms with Crippen LogP contribution < -0.4 is 4.90 Å². The van der Waals surface area contributed by atoms with Gasteiger partial charge in [0, 0.05) is 24.8 Å². The summed E-state index contributed by atoms with van der Waals surface area (Å²) in [5.41, 5.74) is 0.945. The van der Waals surface area contributed by atoms with Crippen molar-refractivity contribution < 1.29 is 5.11 Å². The average Bonchev–Trinajstić information content (AvgIpc) is 2.39. The SMILES string of the molecule is CC(O)c1cccnc1N1CCC(C(C)C)CC1. The molecule has 0 saturated carbocycles. The van der Waals surface area contributed by atoms with E-state index in [-0.39, 0.29) is 0 Å². The number of piperidine rings is 1. The predicted molar refractivity (Wildman–Crippen MR) is 74.6 cm³/mol. The molecule has 100 valence electrons. The standard InChI is InChI=1S/C15H24N2O/c1-11(2)13-6-9-17(10-7-13)15-14(12(3)18)5-4-8-16-15/h4-5,8,11-13,18H,6-7,9-10H2,1-3H3. The Hall–Kier alpha value is -1.09. The van der Waals surface area contributed by atoms with Crippen molar-refractivity contribution in [3.05, 3.63) is 23.9 Å². The fraction of sp³-hybridized carbons (Fsp3) is 0.667. The zero-order chi connectivity index (χ0) is 13.1. The maximum Gasteiger partial charge on any atom is 0.134 e. The van der Waals surface area contributed by atoms with Crippen LogP contribution in [0, 0.1) is 11.8 Å². The fourth-order valence-electron chi connectivity index (χ4n) is 2.78. The molecule has 0 spiro atoms. The molecule has 1 aromatic heterocycles. The predicted octanol–water partition coefficient (Wildman–Crippen LogP) is 3.01. The lowest BCUT2D eigenvalue weighted by molar-refractivity contribution is 0.199. The molecule has 2 heterocycles. The molecular formula is C15H24N2O. The number of hydrogen-bond donors (Lipinski definition) is 1. The number of pyridine rings is 1. The molecule has 2 rings (SSSR count). The molecule has 3 heteroatoms. The van der Waals surface area contributed by atoms with Crippen LogP contribution in [-0.4, -0.2) is 23.2 Å². The molecule has 0 amide bonds. The number of aromatic nitrogens is 1. The van der Waals surface area contributed by atoms with E-state index in [4.69, 9.17) is 0 Å². The Bertz CT molecular complexity index is 382. The zero-order valence-corrected chi connectivity index (χ0v) is 11.6. The van der Waals surface area contributed by atoms with Gasteiger partial charge in [-0.15, -0.1) is 0 Å². The molecule has 1 N–H and O–H groups in total. The largest absolute Gasteiger partial charge is 0.389 e. The summed E-state index contributed by atoms with van der Waals surface area (Å²) in [7, 11) is 0. The highest BCUT2D eigenvalue weighted by molar-refractivity contribution is 5.48. The highest BCUT2D eigenvalue weighted by atomic mass is 16.3. The van der Waals surface area contributed by atoms with E-state index in [0.29, 0.717) is 0 Å². The third-order valence-corrected chi connectivity index (χ3v) is 4.05. The topological polar surface area (TPSA) is 36.4 Å². The number of hydrogen-bond acceptors (Lipinski definition) is 3. The molecule has 0 aromatic carbocycles. The van der Waals surface area contributed by atoms with Crippen LogP contribution in [0.2, 0.25) is 0 Å². The van der Waals surface area contributed by atoms with E-state index in [1.165, 1.54) is 12.8 Å². The lowest BCUT2D eigenvalue weighted by atomic mass is 9.86. The maximum absolute atomic E-state index is 9.81. The first kappa shape index (κ1) is 13.3. The second kappa shape index (κ2) is 5.70. The summed E-state index contributed by atoms with van der Waals surface area (Å²) in [6, 6.07) is 3.87. The van der Waals surface area contributed by atoms with Gasteiger partial charge in [0.2, 0.25) is 0 Å². The van der Waals surface area contributed by atoms with Gasteiger partial charge < -0.3 is 10.0 Å². The van der Waals surface area contributed by atoms with Gasteiger partial charge >= 0.3 is 0 Å². The lowest BCUT2D eigenvalue weighted by Gasteiger charge is -2.35. The van der Waals surface area contributed by atoms with Gasteiger partial charge in [0.05, 0.1) is 6.10 Å². The van der Waals surface area contributed by atoms with Gasteiger partial charge in [-0.25, -0.2) is 4.98 Å². The van der Waals surface area contributed by atoms with Crippen LogP contribution in [0.3, 0.4) is 0 Å². The quantitative estimate of drug-likeness (QED) is 0.893. The van der Waals surface area contributed by atoms with Crippen LogP contribution in [0.1, 0.15) is 45.3 Å². The zero-order valence-electron chi connectivity index (χ0n) is 11.6. The molecule has 1 aliphatic heterocycles. The van der Waals surface area contributed by atoms with E-state index in [1.807, 2.05) is 18.3 Å². The van der Waals surface area contributed by atoms with E-state index in [1.54, 1.807) is 6.92 Å². The fourth-order valence-corrected chi connectivity index (χ4v) is 2.78. The maximum atomic E-state index is 9.81. The first-order valence-corrected chi connectivity index (χ1v) is 6.97. The van der Waals surface area contributed by atoms with Gasteiger partial charge in [-0.1, -0.05) is 19.9 Å². The summed E-state index contributed by atoms with van der Waals surface area (Å²) in [5.74, 6) is 2.57. The van der Waals surface area contributed by atoms with Crippen molar-refractivity contribution in [2.45, 2.75) is 39.7 Å². The van der Waals surface area contributed by atoms with Gasteiger partial charge in [-0.3, -0.25) is 0 Å². The Balaban J connectivity index is 2.10. The Kier molecular flexibility index (Phi) is 4.23. The van der Waals surface area contributed by atoms with Crippen molar-refractivity contribution in [3.8, 4) is 0 Å². The van der Waals surface area contributed by atoms with Crippen LogP contribution in [0.25, 0.3) is 0 Å². The highest BCUT2D eigenvalue weighted by Crippen LogP contribution is 2.30. The van der Waals surface area contributed by atoms with Crippen molar-refractivity contribution in [1.29, 1.82) is 0 Å². The van der Waals surface area contributed by atoms with Crippen molar-refractivity contribution in [1.82, 2.24) is 4.98 Å². The minimum absolute atomic E-state index is 0.448. The highest BCUT2D eigenvalue weighted by Gasteiger charge is 2.24. The Morgan fingerprint density at radius 3 is 2.50 bits per heavy atom. The first-order valence-electron chi connectivity index (χ1n) is 6.97.